The van der Waals surface area contributed by atoms with Crippen molar-refractivity contribution in [2.24, 2.45) is 5.92 Å². The van der Waals surface area contributed by atoms with E-state index in [1.807, 2.05) is 6.92 Å². The van der Waals surface area contributed by atoms with Crippen LogP contribution in [-0.4, -0.2) is 48.7 Å². The molecule has 0 aromatic heterocycles. The van der Waals surface area contributed by atoms with Crippen LogP contribution in [-0.2, 0) is 4.79 Å². The summed E-state index contributed by atoms with van der Waals surface area (Å²) in [5.74, 6) is 0.188. The van der Waals surface area contributed by atoms with E-state index >= 15 is 0 Å². The first-order valence-corrected chi connectivity index (χ1v) is 7.88. The number of carboxylic acid groups (broad SMARTS) is 1. The van der Waals surface area contributed by atoms with Gasteiger partial charge in [-0.1, -0.05) is 6.42 Å². The summed E-state index contributed by atoms with van der Waals surface area (Å²) in [6, 6.07) is 4.83. The van der Waals surface area contributed by atoms with Gasteiger partial charge < -0.3 is 19.5 Å². The number of ether oxygens (including phenoxy) is 2. The van der Waals surface area contributed by atoms with Gasteiger partial charge in [-0.15, -0.1) is 0 Å². The van der Waals surface area contributed by atoms with Gasteiger partial charge in [0.1, 0.15) is 0 Å². The lowest BCUT2D eigenvalue weighted by molar-refractivity contribution is -0.139. The second kappa shape index (κ2) is 7.85. The molecule has 0 unspecified atom stereocenters. The number of hydrogen-bond acceptors (Lipinski definition) is 4. The maximum absolute atomic E-state index is 12.5. The summed E-state index contributed by atoms with van der Waals surface area (Å²) in [5, 5.41) is 8.70. The minimum absolute atomic E-state index is 0.0670. The van der Waals surface area contributed by atoms with Crippen LogP contribution in [0.2, 0.25) is 0 Å². The Morgan fingerprint density at radius 3 is 2.57 bits per heavy atom. The number of nitrogens with zero attached hydrogens (tertiary/aromatic N) is 1. The molecule has 2 rings (SSSR count). The normalized spacial score (nSPS) is 14.0. The molecule has 0 spiro atoms. The largest absolute Gasteiger partial charge is 0.490 e. The Labute approximate surface area is 136 Å². The third-order valence-electron chi connectivity index (χ3n) is 3.95. The molecule has 1 fully saturated rings. The summed E-state index contributed by atoms with van der Waals surface area (Å²) in [5.41, 5.74) is 0.512. The van der Waals surface area contributed by atoms with Crippen LogP contribution in [0.1, 0.15) is 36.5 Å². The highest BCUT2D eigenvalue weighted by Crippen LogP contribution is 2.30. The molecule has 0 radical (unpaired) electrons. The van der Waals surface area contributed by atoms with Crippen molar-refractivity contribution in [2.75, 3.05) is 26.8 Å². The van der Waals surface area contributed by atoms with Crippen molar-refractivity contribution >= 4 is 11.9 Å². The Kier molecular flexibility index (Phi) is 5.84. The highest BCUT2D eigenvalue weighted by Gasteiger charge is 2.22. The second-order valence-electron chi connectivity index (χ2n) is 5.76. The molecular weight excluding hydrogens is 298 g/mol. The standard InChI is InChI=1S/C17H23NO5/c1-3-22-15-9-13(7-8-14(15)23-11-16(19)20)17(21)18(2)10-12-5-4-6-12/h7-9,12H,3-6,10-11H2,1-2H3,(H,19,20). The molecule has 1 N–H and O–H groups in total. The van der Waals surface area contributed by atoms with Gasteiger partial charge in [-0.25, -0.2) is 4.79 Å². The quantitative estimate of drug-likeness (QED) is 0.796. The summed E-state index contributed by atoms with van der Waals surface area (Å²) in [6.45, 7) is 2.53. The van der Waals surface area contributed by atoms with Gasteiger partial charge >= 0.3 is 5.97 Å². The molecule has 0 atom stereocenters. The van der Waals surface area contributed by atoms with Gasteiger partial charge in [0.05, 0.1) is 6.61 Å². The van der Waals surface area contributed by atoms with E-state index in [1.165, 1.54) is 19.3 Å². The lowest BCUT2D eigenvalue weighted by Gasteiger charge is -2.30. The van der Waals surface area contributed by atoms with Crippen LogP contribution in [0.4, 0.5) is 0 Å². The van der Waals surface area contributed by atoms with Crippen LogP contribution < -0.4 is 9.47 Å². The number of benzene rings is 1. The first-order valence-electron chi connectivity index (χ1n) is 7.88. The summed E-state index contributed by atoms with van der Waals surface area (Å²) < 4.78 is 10.7. The second-order valence-corrected chi connectivity index (χ2v) is 5.76. The van der Waals surface area contributed by atoms with Crippen LogP contribution in [0.15, 0.2) is 18.2 Å². The number of carbonyl (C=O) groups excluding carboxylic acids is 1. The van der Waals surface area contributed by atoms with E-state index in [-0.39, 0.29) is 5.91 Å². The Hall–Kier alpha value is -2.24. The zero-order valence-electron chi connectivity index (χ0n) is 13.6. The van der Waals surface area contributed by atoms with Gasteiger partial charge in [0.2, 0.25) is 0 Å². The summed E-state index contributed by atoms with van der Waals surface area (Å²) in [4.78, 5) is 24.8. The predicted octanol–water partition coefficient (Wildman–Crippen LogP) is 2.42. The van der Waals surface area contributed by atoms with Gasteiger partial charge in [-0.3, -0.25) is 4.79 Å². The number of amides is 1. The van der Waals surface area contributed by atoms with Crippen molar-refractivity contribution in [2.45, 2.75) is 26.2 Å². The zero-order valence-corrected chi connectivity index (χ0v) is 13.6. The number of carbonyl (C=O) groups is 2. The van der Waals surface area contributed by atoms with Crippen LogP contribution >= 0.6 is 0 Å². The maximum Gasteiger partial charge on any atom is 0.341 e. The number of carboxylic acids is 1. The minimum atomic E-state index is -1.06. The van der Waals surface area contributed by atoms with Crippen molar-refractivity contribution in [1.82, 2.24) is 4.90 Å². The summed E-state index contributed by atoms with van der Waals surface area (Å²) in [6.07, 6.45) is 3.62. The number of hydrogen-bond donors (Lipinski definition) is 1. The molecule has 6 heteroatoms. The fraction of sp³-hybridized carbons (Fsp3) is 0.529. The van der Waals surface area contributed by atoms with Gasteiger partial charge in [0.25, 0.3) is 5.91 Å². The first kappa shape index (κ1) is 17.1. The molecule has 126 valence electrons. The lowest BCUT2D eigenvalue weighted by Crippen LogP contribution is -2.34. The molecule has 0 saturated heterocycles. The molecule has 1 aliphatic carbocycles. The molecular formula is C17H23NO5. The molecule has 0 aliphatic heterocycles. The highest BCUT2D eigenvalue weighted by molar-refractivity contribution is 5.94. The van der Waals surface area contributed by atoms with Gasteiger partial charge in [-0.2, -0.15) is 0 Å². The molecule has 1 amide bonds. The third-order valence-corrected chi connectivity index (χ3v) is 3.95. The number of rotatable bonds is 8. The average molecular weight is 321 g/mol. The van der Waals surface area contributed by atoms with E-state index < -0.39 is 12.6 Å². The number of aliphatic carboxylic acids is 1. The molecule has 1 aromatic carbocycles. The smallest absolute Gasteiger partial charge is 0.341 e. The average Bonchev–Trinajstić information content (AvgIpc) is 2.48. The van der Waals surface area contributed by atoms with Gasteiger partial charge in [0, 0.05) is 19.2 Å². The molecule has 1 aromatic rings. The summed E-state index contributed by atoms with van der Waals surface area (Å²) in [7, 11) is 1.80. The Balaban J connectivity index is 2.09. The van der Waals surface area contributed by atoms with Crippen LogP contribution in [0, 0.1) is 5.92 Å². The highest BCUT2D eigenvalue weighted by atomic mass is 16.5. The SMILES string of the molecule is CCOc1cc(C(=O)N(C)CC2CCC2)ccc1OCC(=O)O. The maximum atomic E-state index is 12.5. The van der Waals surface area contributed by atoms with E-state index in [9.17, 15) is 9.59 Å². The molecule has 0 heterocycles. The Morgan fingerprint density at radius 2 is 2.00 bits per heavy atom. The van der Waals surface area contributed by atoms with Crippen LogP contribution in [0.25, 0.3) is 0 Å². The lowest BCUT2D eigenvalue weighted by atomic mass is 9.85. The van der Waals surface area contributed by atoms with Crippen molar-refractivity contribution in [3.05, 3.63) is 23.8 Å². The fourth-order valence-electron chi connectivity index (χ4n) is 2.53. The molecule has 23 heavy (non-hydrogen) atoms. The molecule has 1 aliphatic rings. The zero-order chi connectivity index (χ0) is 16.8. The van der Waals surface area contributed by atoms with E-state index in [0.29, 0.717) is 29.6 Å². The third kappa shape index (κ3) is 4.61. The van der Waals surface area contributed by atoms with E-state index in [4.69, 9.17) is 14.6 Å². The Bertz CT molecular complexity index is 568. The van der Waals surface area contributed by atoms with E-state index in [1.54, 1.807) is 30.1 Å². The molecule has 0 bridgehead atoms. The minimum Gasteiger partial charge on any atom is -0.490 e. The van der Waals surface area contributed by atoms with Crippen LogP contribution in [0.5, 0.6) is 11.5 Å². The summed E-state index contributed by atoms with van der Waals surface area (Å²) >= 11 is 0. The first-order chi connectivity index (χ1) is 11.0. The van der Waals surface area contributed by atoms with Gasteiger partial charge in [0.15, 0.2) is 18.1 Å². The Morgan fingerprint density at radius 1 is 1.26 bits per heavy atom. The van der Waals surface area contributed by atoms with Crippen molar-refractivity contribution in [1.29, 1.82) is 0 Å². The topological polar surface area (TPSA) is 76.1 Å². The van der Waals surface area contributed by atoms with E-state index in [2.05, 4.69) is 0 Å². The van der Waals surface area contributed by atoms with E-state index in [0.717, 1.165) is 6.54 Å². The van der Waals surface area contributed by atoms with Gasteiger partial charge in [-0.05, 0) is 43.9 Å². The molecule has 6 nitrogen and oxygen atoms in total. The van der Waals surface area contributed by atoms with Crippen molar-refractivity contribution in [3.8, 4) is 11.5 Å². The molecule has 1 saturated carbocycles. The monoisotopic (exact) mass is 321 g/mol. The predicted molar refractivity (Wildman–Crippen MR) is 85.0 cm³/mol. The van der Waals surface area contributed by atoms with Crippen molar-refractivity contribution in [3.63, 3.8) is 0 Å². The fourth-order valence-corrected chi connectivity index (χ4v) is 2.53. The van der Waals surface area contributed by atoms with Crippen LogP contribution in [0.3, 0.4) is 0 Å². The van der Waals surface area contributed by atoms with Crippen molar-refractivity contribution < 1.29 is 24.2 Å².